The Labute approximate surface area is 232 Å². The Hall–Kier alpha value is -4.32. The van der Waals surface area contributed by atoms with Crippen LogP contribution in [-0.2, 0) is 24.3 Å². The molecule has 214 valence electrons. The maximum Gasteiger partial charge on any atom is 0.219 e. The molecule has 0 aliphatic carbocycles. The number of aliphatic hydroxyl groups is 1. The maximum atomic E-state index is 15.1. The minimum absolute atomic E-state index is 0.00553. The lowest BCUT2D eigenvalue weighted by molar-refractivity contribution is -0.120. The number of hydrogen-bond donors (Lipinski definition) is 2. The lowest BCUT2D eigenvalue weighted by Gasteiger charge is -2.16. The molecule has 2 aromatic heterocycles. The smallest absolute Gasteiger partial charge is 0.219 e. The summed E-state index contributed by atoms with van der Waals surface area (Å²) in [6.07, 6.45) is 6.14. The van der Waals surface area contributed by atoms with E-state index in [9.17, 15) is 9.90 Å². The number of carbonyl (C=O) groups excluding carboxylic acids is 1. The van der Waals surface area contributed by atoms with Crippen LogP contribution in [0.1, 0.15) is 32.8 Å². The summed E-state index contributed by atoms with van der Waals surface area (Å²) >= 11 is 0. The molecule has 0 aliphatic heterocycles. The van der Waals surface area contributed by atoms with Gasteiger partial charge in [0.15, 0.2) is 17.4 Å². The molecule has 0 fully saturated rings. The second-order valence-corrected chi connectivity index (χ2v) is 9.56. The fourth-order valence-corrected chi connectivity index (χ4v) is 3.86. The van der Waals surface area contributed by atoms with Crippen molar-refractivity contribution >= 4 is 36.0 Å². The van der Waals surface area contributed by atoms with Gasteiger partial charge in [0.1, 0.15) is 22.6 Å². The van der Waals surface area contributed by atoms with Crippen LogP contribution >= 0.6 is 0 Å². The van der Waals surface area contributed by atoms with Crippen LogP contribution < -0.4 is 20.3 Å². The fraction of sp³-hybridized carbons (Fsp3) is 0.393. The van der Waals surface area contributed by atoms with Gasteiger partial charge in [0.05, 0.1) is 32.6 Å². The third-order valence-electron chi connectivity index (χ3n) is 5.76. The van der Waals surface area contributed by atoms with Crippen LogP contribution in [0.5, 0.6) is 11.5 Å². The van der Waals surface area contributed by atoms with Gasteiger partial charge in [0, 0.05) is 50.5 Å². The SMILES string of the molecule is C=Nc1c(N=CCc2cnn(CC(C)(C)O)c2)ccc(=Nc2cc(OC)cc(OC)c2F)n1CCNC(=O)CC. The zero-order valence-electron chi connectivity index (χ0n) is 23.5. The minimum atomic E-state index is -0.877. The van der Waals surface area contributed by atoms with Crippen LogP contribution in [0.3, 0.4) is 0 Å². The molecule has 0 radical (unpaired) electrons. The number of ether oxygens (including phenoxy) is 2. The molecule has 1 amide bonds. The highest BCUT2D eigenvalue weighted by Gasteiger charge is 2.15. The molecule has 0 bridgehead atoms. The van der Waals surface area contributed by atoms with Crippen molar-refractivity contribution in [1.82, 2.24) is 19.7 Å². The van der Waals surface area contributed by atoms with E-state index in [-0.39, 0.29) is 23.9 Å². The number of benzene rings is 1. The lowest BCUT2D eigenvalue weighted by Crippen LogP contribution is -2.30. The van der Waals surface area contributed by atoms with Crippen molar-refractivity contribution in [2.45, 2.75) is 52.3 Å². The van der Waals surface area contributed by atoms with Gasteiger partial charge >= 0.3 is 0 Å². The van der Waals surface area contributed by atoms with Crippen molar-refractivity contribution in [3.63, 3.8) is 0 Å². The zero-order valence-corrected chi connectivity index (χ0v) is 23.5. The van der Waals surface area contributed by atoms with Crippen LogP contribution in [0.15, 0.2) is 51.6 Å². The Morgan fingerprint density at radius 1 is 1.25 bits per heavy atom. The quantitative estimate of drug-likeness (QED) is 0.313. The largest absolute Gasteiger partial charge is 0.497 e. The second-order valence-electron chi connectivity index (χ2n) is 9.56. The number of amides is 1. The van der Waals surface area contributed by atoms with Crippen molar-refractivity contribution in [2.75, 3.05) is 20.8 Å². The van der Waals surface area contributed by atoms with Crippen molar-refractivity contribution < 1.29 is 23.8 Å². The number of halogens is 1. The van der Waals surface area contributed by atoms with E-state index in [4.69, 9.17) is 9.47 Å². The second kappa shape index (κ2) is 13.7. The van der Waals surface area contributed by atoms with Gasteiger partial charge in [-0.3, -0.25) is 14.5 Å². The Bertz CT molecular complexity index is 1440. The van der Waals surface area contributed by atoms with Crippen molar-refractivity contribution in [3.05, 3.63) is 53.5 Å². The number of aliphatic imine (C=N–C) groups is 2. The topological polar surface area (TPSA) is 128 Å². The first-order chi connectivity index (χ1) is 19.1. The highest BCUT2D eigenvalue weighted by Crippen LogP contribution is 2.32. The number of nitrogens with zero attached hydrogens (tertiary/aromatic N) is 6. The summed E-state index contributed by atoms with van der Waals surface area (Å²) in [5.74, 6) is 0.0303. The Morgan fingerprint density at radius 3 is 2.67 bits per heavy atom. The summed E-state index contributed by atoms with van der Waals surface area (Å²) in [6.45, 7) is 9.86. The van der Waals surface area contributed by atoms with Crippen LogP contribution in [0.4, 0.5) is 21.6 Å². The number of rotatable bonds is 13. The average Bonchev–Trinajstić information content (AvgIpc) is 3.35. The molecule has 2 N–H and O–H groups in total. The lowest BCUT2D eigenvalue weighted by atomic mass is 10.1. The number of nitrogens with one attached hydrogen (secondary N) is 1. The maximum absolute atomic E-state index is 15.1. The van der Waals surface area contributed by atoms with Crippen LogP contribution in [0.2, 0.25) is 0 Å². The number of carbonyl (C=O) groups is 1. The summed E-state index contributed by atoms with van der Waals surface area (Å²) in [5.41, 5.74) is 0.942. The van der Waals surface area contributed by atoms with Crippen molar-refractivity contribution in [3.8, 4) is 11.5 Å². The van der Waals surface area contributed by atoms with Gasteiger partial charge in [-0.25, -0.2) is 14.4 Å². The van der Waals surface area contributed by atoms with E-state index in [1.807, 2.05) is 6.20 Å². The first kappa shape index (κ1) is 30.2. The number of hydrogen-bond acceptors (Lipinski definition) is 8. The molecule has 2 heterocycles. The van der Waals surface area contributed by atoms with E-state index in [2.05, 4.69) is 32.1 Å². The third kappa shape index (κ3) is 8.09. The Kier molecular flexibility index (Phi) is 10.3. The molecular weight excluding hydrogens is 517 g/mol. The number of aromatic nitrogens is 3. The van der Waals surface area contributed by atoms with Crippen molar-refractivity contribution in [2.24, 2.45) is 15.0 Å². The van der Waals surface area contributed by atoms with E-state index >= 15 is 4.39 Å². The van der Waals surface area contributed by atoms with Gasteiger partial charge in [-0.15, -0.1) is 0 Å². The predicted octanol–water partition coefficient (Wildman–Crippen LogP) is 3.65. The fourth-order valence-electron chi connectivity index (χ4n) is 3.86. The summed E-state index contributed by atoms with van der Waals surface area (Å²) in [5, 5.41) is 17.1. The molecule has 12 heteroatoms. The predicted molar refractivity (Wildman–Crippen MR) is 152 cm³/mol. The first-order valence-electron chi connectivity index (χ1n) is 12.8. The van der Waals surface area contributed by atoms with Crippen LogP contribution in [0.25, 0.3) is 0 Å². The molecule has 0 unspecified atom stereocenters. The Balaban J connectivity index is 2.00. The highest BCUT2D eigenvalue weighted by molar-refractivity contribution is 5.75. The molecule has 40 heavy (non-hydrogen) atoms. The summed E-state index contributed by atoms with van der Waals surface area (Å²) in [6, 6.07) is 6.31. The van der Waals surface area contributed by atoms with Gasteiger partial charge in [0.25, 0.3) is 0 Å². The molecule has 3 aromatic rings. The minimum Gasteiger partial charge on any atom is -0.497 e. The normalized spacial score (nSPS) is 12.1. The van der Waals surface area contributed by atoms with Crippen LogP contribution in [-0.4, -0.2) is 64.7 Å². The molecule has 0 atom stereocenters. The summed E-state index contributed by atoms with van der Waals surface area (Å²) in [7, 11) is 2.83. The molecule has 0 aliphatic rings. The highest BCUT2D eigenvalue weighted by atomic mass is 19.1. The monoisotopic (exact) mass is 553 g/mol. The van der Waals surface area contributed by atoms with E-state index in [1.165, 1.54) is 26.4 Å². The average molecular weight is 554 g/mol. The molecule has 3 rings (SSSR count). The molecule has 0 saturated heterocycles. The molecule has 0 spiro atoms. The molecule has 0 saturated carbocycles. The molecular formula is C28H36FN7O4. The zero-order chi connectivity index (χ0) is 29.3. The van der Waals surface area contributed by atoms with E-state index in [0.29, 0.717) is 48.7 Å². The van der Waals surface area contributed by atoms with Crippen LogP contribution in [0, 0.1) is 5.82 Å². The van der Waals surface area contributed by atoms with E-state index in [0.717, 1.165) is 5.56 Å². The standard InChI is InChI=1S/C28H36FN7O4/c1-7-25(37)32-12-13-36-24(34-22-14-20(39-5)15-23(40-6)26(22)29)9-8-21(27(36)30-4)31-11-10-19-16-33-35(17-19)18-28(2,3)38/h8-9,11,14-17,38H,4,7,10,12-13,18H2,1-3,5-6H3,(H,32,37). The number of methoxy groups -OCH3 is 2. The first-order valence-corrected chi connectivity index (χ1v) is 12.8. The Morgan fingerprint density at radius 2 is 2.02 bits per heavy atom. The van der Waals surface area contributed by atoms with Crippen molar-refractivity contribution in [1.29, 1.82) is 0 Å². The van der Waals surface area contributed by atoms with Gasteiger partial charge in [0.2, 0.25) is 5.91 Å². The van der Waals surface area contributed by atoms with E-state index < -0.39 is 11.4 Å². The summed E-state index contributed by atoms with van der Waals surface area (Å²) in [4.78, 5) is 25.1. The van der Waals surface area contributed by atoms with Gasteiger partial charge in [-0.1, -0.05) is 6.92 Å². The van der Waals surface area contributed by atoms with Gasteiger partial charge < -0.3 is 24.5 Å². The third-order valence-corrected chi connectivity index (χ3v) is 5.76. The molecule has 1 aromatic carbocycles. The van der Waals surface area contributed by atoms with E-state index in [1.54, 1.807) is 54.6 Å². The number of pyridine rings is 1. The van der Waals surface area contributed by atoms with Gasteiger partial charge in [-0.05, 0) is 38.3 Å². The summed E-state index contributed by atoms with van der Waals surface area (Å²) < 4.78 is 28.9. The molecule has 11 nitrogen and oxygen atoms in total. The van der Waals surface area contributed by atoms with Gasteiger partial charge in [-0.2, -0.15) is 5.10 Å².